The van der Waals surface area contributed by atoms with Crippen molar-refractivity contribution in [3.63, 3.8) is 0 Å². The monoisotopic (exact) mass is 250 g/mol. The van der Waals surface area contributed by atoms with Crippen LogP contribution < -0.4 is 10.5 Å². The first kappa shape index (κ1) is 15.0. The molecule has 0 bridgehead atoms. The molecule has 0 radical (unpaired) electrons. The van der Waals surface area contributed by atoms with Crippen molar-refractivity contribution >= 4 is 0 Å². The molecule has 2 atom stereocenters. The molecular weight excluding hydrogens is 224 g/mol. The fourth-order valence-electron chi connectivity index (χ4n) is 2.44. The van der Waals surface area contributed by atoms with E-state index in [1.54, 1.807) is 7.11 Å². The lowest BCUT2D eigenvalue weighted by Gasteiger charge is -2.31. The van der Waals surface area contributed by atoms with Crippen LogP contribution in [0, 0.1) is 19.8 Å². The molecule has 0 saturated carbocycles. The summed E-state index contributed by atoms with van der Waals surface area (Å²) in [7, 11) is 5.91. The zero-order valence-electron chi connectivity index (χ0n) is 12.4. The van der Waals surface area contributed by atoms with E-state index in [0.717, 1.165) is 5.75 Å². The van der Waals surface area contributed by atoms with Gasteiger partial charge < -0.3 is 15.4 Å². The zero-order valence-corrected chi connectivity index (χ0v) is 12.4. The summed E-state index contributed by atoms with van der Waals surface area (Å²) < 4.78 is 5.54. The molecule has 3 nitrogen and oxygen atoms in total. The maximum absolute atomic E-state index is 5.84. The predicted octanol–water partition coefficient (Wildman–Crippen LogP) is 2.51. The Bertz CT molecular complexity index is 402. The first-order valence-corrected chi connectivity index (χ1v) is 6.44. The Morgan fingerprint density at radius 1 is 1.22 bits per heavy atom. The summed E-state index contributed by atoms with van der Waals surface area (Å²) in [5.74, 6) is 1.34. The molecule has 0 aromatic heterocycles. The maximum atomic E-state index is 5.84. The van der Waals surface area contributed by atoms with Crippen LogP contribution in [0.3, 0.4) is 0 Å². The molecule has 0 heterocycles. The van der Waals surface area contributed by atoms with Crippen molar-refractivity contribution in [2.75, 3.05) is 27.7 Å². The largest absolute Gasteiger partial charge is 0.496 e. The number of aryl methyl sites for hydroxylation is 2. The van der Waals surface area contributed by atoms with Gasteiger partial charge in [-0.1, -0.05) is 13.0 Å². The summed E-state index contributed by atoms with van der Waals surface area (Å²) in [6, 6.07) is 4.62. The van der Waals surface area contributed by atoms with E-state index in [1.807, 2.05) is 0 Å². The van der Waals surface area contributed by atoms with Crippen molar-refractivity contribution < 1.29 is 4.74 Å². The van der Waals surface area contributed by atoms with Gasteiger partial charge in [0.25, 0.3) is 0 Å². The second kappa shape index (κ2) is 6.21. The number of nitrogens with zero attached hydrogens (tertiary/aromatic N) is 1. The van der Waals surface area contributed by atoms with Crippen LogP contribution in [0.1, 0.15) is 29.7 Å². The van der Waals surface area contributed by atoms with E-state index >= 15 is 0 Å². The Kier molecular flexibility index (Phi) is 5.17. The molecule has 18 heavy (non-hydrogen) atoms. The smallest absolute Gasteiger partial charge is 0.123 e. The minimum absolute atomic E-state index is 0.282. The maximum Gasteiger partial charge on any atom is 0.123 e. The molecular formula is C15H26N2O. The average molecular weight is 250 g/mol. The Balaban J connectivity index is 3.30. The first-order valence-electron chi connectivity index (χ1n) is 6.44. The standard InChI is InChI=1S/C15H26N2O/c1-10-7-13(14(18-6)8-11(10)2)15(17(4)5)12(3)9-16/h7-8,12,15H,9,16H2,1-6H3. The third-order valence-electron chi connectivity index (χ3n) is 3.63. The van der Waals surface area contributed by atoms with Crippen LogP contribution >= 0.6 is 0 Å². The first-order chi connectivity index (χ1) is 8.42. The zero-order chi connectivity index (χ0) is 13.9. The van der Waals surface area contributed by atoms with E-state index in [9.17, 15) is 0 Å². The topological polar surface area (TPSA) is 38.5 Å². The Hall–Kier alpha value is -1.06. The summed E-state index contributed by atoms with van der Waals surface area (Å²) in [4.78, 5) is 2.21. The third kappa shape index (κ3) is 3.03. The molecule has 102 valence electrons. The van der Waals surface area contributed by atoms with Gasteiger partial charge in [-0.2, -0.15) is 0 Å². The van der Waals surface area contributed by atoms with Gasteiger partial charge in [0.1, 0.15) is 5.75 Å². The van der Waals surface area contributed by atoms with E-state index in [1.165, 1.54) is 16.7 Å². The lowest BCUT2D eigenvalue weighted by Crippen LogP contribution is -2.30. The molecule has 0 aliphatic heterocycles. The van der Waals surface area contributed by atoms with Crippen LogP contribution in [0.5, 0.6) is 5.75 Å². The van der Waals surface area contributed by atoms with Gasteiger partial charge in [0.15, 0.2) is 0 Å². The second-order valence-electron chi connectivity index (χ2n) is 5.30. The van der Waals surface area contributed by atoms with Crippen molar-refractivity contribution in [3.8, 4) is 5.75 Å². The van der Waals surface area contributed by atoms with Gasteiger partial charge in [0.2, 0.25) is 0 Å². The van der Waals surface area contributed by atoms with Crippen LogP contribution in [-0.4, -0.2) is 32.6 Å². The molecule has 0 aliphatic carbocycles. The van der Waals surface area contributed by atoms with Crippen molar-refractivity contribution in [2.45, 2.75) is 26.8 Å². The number of benzene rings is 1. The van der Waals surface area contributed by atoms with Gasteiger partial charge in [-0.15, -0.1) is 0 Å². The summed E-state index contributed by atoms with van der Waals surface area (Å²) in [6.45, 7) is 7.09. The Morgan fingerprint density at radius 3 is 2.22 bits per heavy atom. The van der Waals surface area contributed by atoms with E-state index in [4.69, 9.17) is 10.5 Å². The molecule has 2 unspecified atom stereocenters. The van der Waals surface area contributed by atoms with Gasteiger partial charge in [-0.3, -0.25) is 0 Å². The summed E-state index contributed by atoms with van der Waals surface area (Å²) >= 11 is 0. The number of ether oxygens (including phenoxy) is 1. The van der Waals surface area contributed by atoms with Gasteiger partial charge >= 0.3 is 0 Å². The quantitative estimate of drug-likeness (QED) is 0.872. The molecule has 3 heteroatoms. The van der Waals surface area contributed by atoms with Crippen molar-refractivity contribution in [2.24, 2.45) is 11.7 Å². The van der Waals surface area contributed by atoms with E-state index in [2.05, 4.69) is 51.9 Å². The summed E-state index contributed by atoms with van der Waals surface area (Å²) in [6.07, 6.45) is 0. The molecule has 0 aliphatic rings. The molecule has 0 saturated heterocycles. The van der Waals surface area contributed by atoms with Crippen LogP contribution in [0.25, 0.3) is 0 Å². The molecule has 1 aromatic carbocycles. The number of rotatable bonds is 5. The molecule has 0 spiro atoms. The van der Waals surface area contributed by atoms with Crippen LogP contribution in [0.15, 0.2) is 12.1 Å². The lowest BCUT2D eigenvalue weighted by atomic mass is 9.90. The highest BCUT2D eigenvalue weighted by atomic mass is 16.5. The van der Waals surface area contributed by atoms with Crippen molar-refractivity contribution in [3.05, 3.63) is 28.8 Å². The molecule has 0 amide bonds. The van der Waals surface area contributed by atoms with Gasteiger partial charge in [0.05, 0.1) is 7.11 Å². The SMILES string of the molecule is COc1cc(C)c(C)cc1C(C(C)CN)N(C)C. The summed E-state index contributed by atoms with van der Waals surface area (Å²) in [5, 5.41) is 0. The van der Waals surface area contributed by atoms with Gasteiger partial charge in [-0.05, 0) is 57.6 Å². The van der Waals surface area contributed by atoms with Crippen molar-refractivity contribution in [1.82, 2.24) is 4.90 Å². The minimum Gasteiger partial charge on any atom is -0.496 e. The highest BCUT2D eigenvalue weighted by Crippen LogP contribution is 2.35. The molecule has 0 fully saturated rings. The number of nitrogens with two attached hydrogens (primary N) is 1. The van der Waals surface area contributed by atoms with Crippen LogP contribution in [-0.2, 0) is 0 Å². The lowest BCUT2D eigenvalue weighted by molar-refractivity contribution is 0.221. The van der Waals surface area contributed by atoms with Crippen molar-refractivity contribution in [1.29, 1.82) is 0 Å². The number of hydrogen-bond acceptors (Lipinski definition) is 3. The third-order valence-corrected chi connectivity index (χ3v) is 3.63. The fraction of sp³-hybridized carbons (Fsp3) is 0.600. The minimum atomic E-state index is 0.282. The van der Waals surface area contributed by atoms with Crippen LogP contribution in [0.2, 0.25) is 0 Å². The van der Waals surface area contributed by atoms with E-state index in [-0.39, 0.29) is 6.04 Å². The highest BCUT2D eigenvalue weighted by molar-refractivity contribution is 5.43. The Morgan fingerprint density at radius 2 is 1.78 bits per heavy atom. The second-order valence-corrected chi connectivity index (χ2v) is 5.30. The summed E-state index contributed by atoms with van der Waals surface area (Å²) in [5.41, 5.74) is 9.62. The van der Waals surface area contributed by atoms with Gasteiger partial charge in [0, 0.05) is 11.6 Å². The number of hydrogen-bond donors (Lipinski definition) is 1. The molecule has 1 rings (SSSR count). The van der Waals surface area contributed by atoms with Crippen LogP contribution in [0.4, 0.5) is 0 Å². The Labute approximate surface area is 111 Å². The predicted molar refractivity (Wildman–Crippen MR) is 77.1 cm³/mol. The normalized spacial score (nSPS) is 14.7. The number of methoxy groups -OCH3 is 1. The van der Waals surface area contributed by atoms with E-state index in [0.29, 0.717) is 12.5 Å². The average Bonchev–Trinajstić information content (AvgIpc) is 2.32. The van der Waals surface area contributed by atoms with Gasteiger partial charge in [-0.25, -0.2) is 0 Å². The molecule has 2 N–H and O–H groups in total. The van der Waals surface area contributed by atoms with E-state index < -0.39 is 0 Å². The fourth-order valence-corrected chi connectivity index (χ4v) is 2.44. The highest BCUT2D eigenvalue weighted by Gasteiger charge is 2.24. The molecule has 1 aromatic rings.